The molecule has 0 saturated heterocycles. The molecule has 0 aromatic heterocycles. The van der Waals surface area contributed by atoms with E-state index in [0.717, 1.165) is 24.8 Å². The molecule has 0 amide bonds. The van der Waals surface area contributed by atoms with Gasteiger partial charge < -0.3 is 5.32 Å². The van der Waals surface area contributed by atoms with E-state index in [9.17, 15) is 14.5 Å². The number of hydrogen-bond donors (Lipinski definition) is 1. The van der Waals surface area contributed by atoms with Crippen molar-refractivity contribution in [2.75, 3.05) is 11.9 Å². The summed E-state index contributed by atoms with van der Waals surface area (Å²) in [6, 6.07) is 4.12. The number of halogens is 1. The zero-order valence-electron chi connectivity index (χ0n) is 9.49. The SMILES string of the molecule is O=[N+]([O-])c1c(F)cccc1NCCCC1CC1. The normalized spacial score (nSPS) is 14.6. The fraction of sp³-hybridized carbons (Fsp3) is 0.500. The molecule has 2 rings (SSSR count). The number of nitrogens with one attached hydrogen (secondary N) is 1. The van der Waals surface area contributed by atoms with Crippen molar-refractivity contribution >= 4 is 11.4 Å². The summed E-state index contributed by atoms with van der Waals surface area (Å²) in [5.41, 5.74) is -0.190. The third-order valence-corrected chi connectivity index (χ3v) is 2.97. The van der Waals surface area contributed by atoms with E-state index in [-0.39, 0.29) is 5.69 Å². The van der Waals surface area contributed by atoms with Gasteiger partial charge in [0.15, 0.2) is 0 Å². The lowest BCUT2D eigenvalue weighted by molar-refractivity contribution is -0.386. The van der Waals surface area contributed by atoms with Crippen LogP contribution in [0.15, 0.2) is 18.2 Å². The topological polar surface area (TPSA) is 55.2 Å². The van der Waals surface area contributed by atoms with Crippen LogP contribution in [0.4, 0.5) is 15.8 Å². The maximum Gasteiger partial charge on any atom is 0.327 e. The Hall–Kier alpha value is -1.65. The number of para-hydroxylation sites is 1. The van der Waals surface area contributed by atoms with Crippen LogP contribution in [0.1, 0.15) is 25.7 Å². The summed E-state index contributed by atoms with van der Waals surface area (Å²) >= 11 is 0. The maximum atomic E-state index is 13.3. The molecule has 5 heteroatoms. The van der Waals surface area contributed by atoms with Crippen LogP contribution in [0.3, 0.4) is 0 Å². The van der Waals surface area contributed by atoms with Gasteiger partial charge in [-0.3, -0.25) is 10.1 Å². The Morgan fingerprint density at radius 2 is 2.24 bits per heavy atom. The summed E-state index contributed by atoms with van der Waals surface area (Å²) in [7, 11) is 0. The van der Waals surface area contributed by atoms with Crippen molar-refractivity contribution in [3.63, 3.8) is 0 Å². The molecule has 1 aliphatic rings. The third-order valence-electron chi connectivity index (χ3n) is 2.97. The van der Waals surface area contributed by atoms with E-state index in [1.807, 2.05) is 0 Å². The fourth-order valence-corrected chi connectivity index (χ4v) is 1.86. The van der Waals surface area contributed by atoms with Crippen molar-refractivity contribution in [3.8, 4) is 0 Å². The van der Waals surface area contributed by atoms with Crippen molar-refractivity contribution in [2.45, 2.75) is 25.7 Å². The van der Waals surface area contributed by atoms with Crippen molar-refractivity contribution in [1.82, 2.24) is 0 Å². The van der Waals surface area contributed by atoms with Crippen molar-refractivity contribution < 1.29 is 9.31 Å². The number of rotatable bonds is 6. The fourth-order valence-electron chi connectivity index (χ4n) is 1.86. The Morgan fingerprint density at radius 3 is 2.88 bits per heavy atom. The molecule has 1 aliphatic carbocycles. The van der Waals surface area contributed by atoms with E-state index in [4.69, 9.17) is 0 Å². The molecular formula is C12H15FN2O2. The molecule has 1 aromatic carbocycles. The number of nitrogens with zero attached hydrogens (tertiary/aromatic N) is 1. The lowest BCUT2D eigenvalue weighted by Gasteiger charge is -2.06. The van der Waals surface area contributed by atoms with Crippen LogP contribution in [-0.4, -0.2) is 11.5 Å². The first-order chi connectivity index (χ1) is 8.18. The van der Waals surface area contributed by atoms with Gasteiger partial charge in [-0.1, -0.05) is 18.9 Å². The number of nitro benzene ring substituents is 1. The first kappa shape index (κ1) is 11.8. The summed E-state index contributed by atoms with van der Waals surface area (Å²) in [6.45, 7) is 0.654. The predicted molar refractivity (Wildman–Crippen MR) is 63.5 cm³/mol. The predicted octanol–water partition coefficient (Wildman–Crippen LogP) is 3.34. The smallest absolute Gasteiger partial charge is 0.327 e. The van der Waals surface area contributed by atoms with Gasteiger partial charge in [0, 0.05) is 6.54 Å². The summed E-state index contributed by atoms with van der Waals surface area (Å²) < 4.78 is 13.3. The minimum Gasteiger partial charge on any atom is -0.379 e. The van der Waals surface area contributed by atoms with Crippen molar-refractivity contribution in [1.29, 1.82) is 0 Å². The van der Waals surface area contributed by atoms with E-state index in [0.29, 0.717) is 6.54 Å². The molecule has 1 aromatic rings. The van der Waals surface area contributed by atoms with Gasteiger partial charge >= 0.3 is 5.69 Å². The van der Waals surface area contributed by atoms with E-state index >= 15 is 0 Å². The Morgan fingerprint density at radius 1 is 1.47 bits per heavy atom. The molecule has 1 saturated carbocycles. The molecule has 0 radical (unpaired) electrons. The zero-order valence-corrected chi connectivity index (χ0v) is 9.49. The summed E-state index contributed by atoms with van der Waals surface area (Å²) in [4.78, 5) is 10.0. The molecule has 1 fully saturated rings. The van der Waals surface area contributed by atoms with Gasteiger partial charge in [-0.2, -0.15) is 4.39 Å². The highest BCUT2D eigenvalue weighted by Gasteiger charge is 2.21. The largest absolute Gasteiger partial charge is 0.379 e. The van der Waals surface area contributed by atoms with Gasteiger partial charge in [0.05, 0.1) is 4.92 Å². The van der Waals surface area contributed by atoms with Gasteiger partial charge in [0.25, 0.3) is 0 Å². The summed E-state index contributed by atoms with van der Waals surface area (Å²) in [6.07, 6.45) is 4.73. The van der Waals surface area contributed by atoms with Gasteiger partial charge in [0.1, 0.15) is 5.69 Å². The van der Waals surface area contributed by atoms with E-state index < -0.39 is 16.4 Å². The third kappa shape index (κ3) is 3.15. The van der Waals surface area contributed by atoms with Crippen LogP contribution in [0, 0.1) is 21.8 Å². The molecule has 0 bridgehead atoms. The highest BCUT2D eigenvalue weighted by molar-refractivity contribution is 5.61. The standard InChI is InChI=1S/C12H15FN2O2/c13-10-4-1-5-11(12(10)15(16)17)14-8-2-3-9-6-7-9/h1,4-5,9,14H,2-3,6-8H2. The quantitative estimate of drug-likeness (QED) is 0.470. The first-order valence-electron chi connectivity index (χ1n) is 5.85. The van der Waals surface area contributed by atoms with Crippen LogP contribution in [0.2, 0.25) is 0 Å². The second-order valence-corrected chi connectivity index (χ2v) is 4.41. The number of hydrogen-bond acceptors (Lipinski definition) is 3. The maximum absolute atomic E-state index is 13.3. The first-order valence-corrected chi connectivity index (χ1v) is 5.85. The van der Waals surface area contributed by atoms with Crippen LogP contribution in [-0.2, 0) is 0 Å². The second-order valence-electron chi connectivity index (χ2n) is 4.41. The van der Waals surface area contributed by atoms with Crippen LogP contribution in [0.5, 0.6) is 0 Å². The molecule has 4 nitrogen and oxygen atoms in total. The number of nitro groups is 1. The molecule has 1 N–H and O–H groups in total. The van der Waals surface area contributed by atoms with Crippen molar-refractivity contribution in [2.24, 2.45) is 5.92 Å². The average molecular weight is 238 g/mol. The zero-order chi connectivity index (χ0) is 12.3. The monoisotopic (exact) mass is 238 g/mol. The molecule has 92 valence electrons. The van der Waals surface area contributed by atoms with Crippen LogP contribution < -0.4 is 5.32 Å². The molecule has 0 heterocycles. The lowest BCUT2D eigenvalue weighted by atomic mass is 10.2. The number of benzene rings is 1. The number of anilines is 1. The minimum atomic E-state index is -0.790. The molecule has 0 aliphatic heterocycles. The Labute approximate surface area is 99.0 Å². The van der Waals surface area contributed by atoms with E-state index in [1.54, 1.807) is 6.07 Å². The molecule has 0 spiro atoms. The molecular weight excluding hydrogens is 223 g/mol. The van der Waals surface area contributed by atoms with Gasteiger partial charge in [-0.15, -0.1) is 0 Å². The van der Waals surface area contributed by atoms with E-state index in [2.05, 4.69) is 5.32 Å². The van der Waals surface area contributed by atoms with Gasteiger partial charge in [0.2, 0.25) is 5.82 Å². The second kappa shape index (κ2) is 5.12. The summed E-state index contributed by atoms with van der Waals surface area (Å²) in [5, 5.41) is 13.7. The Balaban J connectivity index is 1.93. The van der Waals surface area contributed by atoms with Crippen LogP contribution >= 0.6 is 0 Å². The molecule has 0 unspecified atom stereocenters. The van der Waals surface area contributed by atoms with Crippen LogP contribution in [0.25, 0.3) is 0 Å². The Bertz CT molecular complexity index is 419. The van der Waals surface area contributed by atoms with E-state index in [1.165, 1.54) is 18.9 Å². The van der Waals surface area contributed by atoms with Gasteiger partial charge in [-0.25, -0.2) is 0 Å². The van der Waals surface area contributed by atoms with Crippen molar-refractivity contribution in [3.05, 3.63) is 34.1 Å². The summed E-state index contributed by atoms with van der Waals surface area (Å²) in [5.74, 6) is 0.0569. The lowest BCUT2D eigenvalue weighted by Crippen LogP contribution is -2.05. The molecule has 17 heavy (non-hydrogen) atoms. The highest BCUT2D eigenvalue weighted by Crippen LogP contribution is 2.33. The van der Waals surface area contributed by atoms with Gasteiger partial charge in [-0.05, 0) is 30.9 Å². The Kier molecular flexibility index (Phi) is 3.56. The molecule has 0 atom stereocenters. The minimum absolute atomic E-state index is 0.269. The highest BCUT2D eigenvalue weighted by atomic mass is 19.1. The average Bonchev–Trinajstić information content (AvgIpc) is 3.07.